The second-order valence-electron chi connectivity index (χ2n) is 5.65. The Labute approximate surface area is 119 Å². The highest BCUT2D eigenvalue weighted by Crippen LogP contribution is 2.34. The first-order chi connectivity index (χ1) is 8.58. The molecule has 3 heteroatoms. The van der Waals surface area contributed by atoms with Gasteiger partial charge in [-0.25, -0.2) is 0 Å². The summed E-state index contributed by atoms with van der Waals surface area (Å²) in [5.41, 5.74) is 2.65. The fraction of sp³-hybridized carbons (Fsp3) is 0.600. The van der Waals surface area contributed by atoms with E-state index in [0.717, 1.165) is 19.1 Å². The molecule has 0 aliphatic heterocycles. The quantitative estimate of drug-likeness (QED) is 0.860. The Morgan fingerprint density at radius 3 is 2.67 bits per heavy atom. The minimum absolute atomic E-state index is 0.703. The standard InChI is InChI=1S/C15H23BrN2/c1-11(2)9-17-10-12-4-7-15(14(16)8-12)18(3)13-5-6-13/h4,7-8,11,13,17H,5-6,9-10H2,1-3H3. The zero-order valence-electron chi connectivity index (χ0n) is 11.5. The summed E-state index contributed by atoms with van der Waals surface area (Å²) in [5, 5.41) is 3.48. The summed E-state index contributed by atoms with van der Waals surface area (Å²) in [6.07, 6.45) is 2.67. The lowest BCUT2D eigenvalue weighted by Crippen LogP contribution is -2.21. The summed E-state index contributed by atoms with van der Waals surface area (Å²) >= 11 is 3.70. The van der Waals surface area contributed by atoms with Crippen LogP contribution in [0.4, 0.5) is 5.69 Å². The Kier molecular flexibility index (Phi) is 4.68. The van der Waals surface area contributed by atoms with E-state index in [9.17, 15) is 0 Å². The van der Waals surface area contributed by atoms with Crippen LogP contribution in [0, 0.1) is 5.92 Å². The molecule has 2 rings (SSSR count). The zero-order valence-corrected chi connectivity index (χ0v) is 13.1. The highest BCUT2D eigenvalue weighted by molar-refractivity contribution is 9.10. The molecule has 1 saturated carbocycles. The summed E-state index contributed by atoms with van der Waals surface area (Å²) in [6, 6.07) is 7.45. The van der Waals surface area contributed by atoms with Gasteiger partial charge < -0.3 is 10.2 Å². The maximum Gasteiger partial charge on any atom is 0.0510 e. The van der Waals surface area contributed by atoms with Crippen molar-refractivity contribution in [3.05, 3.63) is 28.2 Å². The van der Waals surface area contributed by atoms with Crippen molar-refractivity contribution in [3.63, 3.8) is 0 Å². The van der Waals surface area contributed by atoms with Crippen molar-refractivity contribution in [2.45, 2.75) is 39.3 Å². The van der Waals surface area contributed by atoms with Crippen LogP contribution in [0.25, 0.3) is 0 Å². The van der Waals surface area contributed by atoms with E-state index in [1.165, 1.54) is 28.6 Å². The maximum atomic E-state index is 3.70. The Morgan fingerprint density at radius 2 is 2.11 bits per heavy atom. The molecule has 18 heavy (non-hydrogen) atoms. The van der Waals surface area contributed by atoms with E-state index in [0.29, 0.717) is 5.92 Å². The molecule has 1 aromatic rings. The predicted molar refractivity (Wildman–Crippen MR) is 82.1 cm³/mol. The van der Waals surface area contributed by atoms with Crippen molar-refractivity contribution in [3.8, 4) is 0 Å². The van der Waals surface area contributed by atoms with E-state index in [4.69, 9.17) is 0 Å². The average Bonchev–Trinajstić information content (AvgIpc) is 3.11. The molecule has 0 aromatic heterocycles. The normalized spacial score (nSPS) is 15.2. The topological polar surface area (TPSA) is 15.3 Å². The third-order valence-corrected chi connectivity index (χ3v) is 4.00. The molecule has 1 N–H and O–H groups in total. The SMILES string of the molecule is CC(C)CNCc1ccc(N(C)C2CC2)c(Br)c1. The summed E-state index contributed by atoms with van der Waals surface area (Å²) in [7, 11) is 2.19. The van der Waals surface area contributed by atoms with Crippen LogP contribution in [-0.4, -0.2) is 19.6 Å². The largest absolute Gasteiger partial charge is 0.371 e. The van der Waals surface area contributed by atoms with Gasteiger partial charge in [-0.05, 0) is 58.9 Å². The van der Waals surface area contributed by atoms with Crippen LogP contribution in [0.15, 0.2) is 22.7 Å². The second kappa shape index (κ2) is 6.07. The molecular weight excluding hydrogens is 288 g/mol. The van der Waals surface area contributed by atoms with Gasteiger partial charge in [0, 0.05) is 24.1 Å². The van der Waals surface area contributed by atoms with E-state index in [-0.39, 0.29) is 0 Å². The minimum atomic E-state index is 0.703. The molecule has 0 spiro atoms. The van der Waals surface area contributed by atoms with E-state index >= 15 is 0 Å². The van der Waals surface area contributed by atoms with E-state index in [1.54, 1.807) is 0 Å². The molecule has 0 bridgehead atoms. The summed E-state index contributed by atoms with van der Waals surface area (Å²) < 4.78 is 1.21. The lowest BCUT2D eigenvalue weighted by molar-refractivity contribution is 0.552. The molecule has 0 saturated heterocycles. The fourth-order valence-electron chi connectivity index (χ4n) is 2.11. The van der Waals surface area contributed by atoms with Crippen molar-refractivity contribution in [1.82, 2.24) is 5.32 Å². The van der Waals surface area contributed by atoms with Gasteiger partial charge in [-0.3, -0.25) is 0 Å². The molecule has 0 heterocycles. The molecule has 1 aliphatic rings. The molecule has 1 aromatic carbocycles. The third kappa shape index (κ3) is 3.72. The first kappa shape index (κ1) is 13.9. The summed E-state index contributed by atoms with van der Waals surface area (Å²) in [6.45, 7) is 6.48. The molecule has 0 atom stereocenters. The lowest BCUT2D eigenvalue weighted by Gasteiger charge is -2.20. The average molecular weight is 311 g/mol. The Hall–Kier alpha value is -0.540. The number of rotatable bonds is 6. The van der Waals surface area contributed by atoms with Gasteiger partial charge in [0.15, 0.2) is 0 Å². The molecular formula is C15H23BrN2. The number of nitrogens with one attached hydrogen (secondary N) is 1. The van der Waals surface area contributed by atoms with E-state index < -0.39 is 0 Å². The molecule has 0 unspecified atom stereocenters. The Balaban J connectivity index is 1.96. The minimum Gasteiger partial charge on any atom is -0.371 e. The molecule has 1 aliphatic carbocycles. The highest BCUT2D eigenvalue weighted by Gasteiger charge is 2.27. The molecule has 1 fully saturated rings. The number of anilines is 1. The Morgan fingerprint density at radius 1 is 1.39 bits per heavy atom. The molecule has 0 radical (unpaired) electrons. The van der Waals surface area contributed by atoms with Crippen molar-refractivity contribution in [1.29, 1.82) is 0 Å². The lowest BCUT2D eigenvalue weighted by atomic mass is 10.1. The number of hydrogen-bond acceptors (Lipinski definition) is 2. The number of hydrogen-bond donors (Lipinski definition) is 1. The van der Waals surface area contributed by atoms with Gasteiger partial charge in [-0.1, -0.05) is 19.9 Å². The summed E-state index contributed by atoms with van der Waals surface area (Å²) in [4.78, 5) is 2.38. The van der Waals surface area contributed by atoms with Crippen molar-refractivity contribution >= 4 is 21.6 Å². The maximum absolute atomic E-state index is 3.70. The third-order valence-electron chi connectivity index (χ3n) is 3.37. The van der Waals surface area contributed by atoms with E-state index in [1.807, 2.05) is 0 Å². The van der Waals surface area contributed by atoms with Crippen molar-refractivity contribution in [2.75, 3.05) is 18.5 Å². The first-order valence-electron chi connectivity index (χ1n) is 6.80. The van der Waals surface area contributed by atoms with Crippen LogP contribution >= 0.6 is 15.9 Å². The van der Waals surface area contributed by atoms with Crippen LogP contribution in [0.1, 0.15) is 32.3 Å². The number of halogens is 1. The zero-order chi connectivity index (χ0) is 13.1. The van der Waals surface area contributed by atoms with E-state index in [2.05, 4.69) is 65.2 Å². The number of nitrogens with zero attached hydrogens (tertiary/aromatic N) is 1. The molecule has 2 nitrogen and oxygen atoms in total. The predicted octanol–water partition coefficient (Wildman–Crippen LogP) is 3.79. The van der Waals surface area contributed by atoms with Crippen LogP contribution in [-0.2, 0) is 6.54 Å². The Bertz CT molecular complexity index is 399. The van der Waals surface area contributed by atoms with Crippen LogP contribution in [0.2, 0.25) is 0 Å². The van der Waals surface area contributed by atoms with Gasteiger partial charge in [0.2, 0.25) is 0 Å². The van der Waals surface area contributed by atoms with Crippen LogP contribution in [0.5, 0.6) is 0 Å². The second-order valence-corrected chi connectivity index (χ2v) is 6.51. The van der Waals surface area contributed by atoms with Gasteiger partial charge in [0.05, 0.1) is 5.69 Å². The highest BCUT2D eigenvalue weighted by atomic mass is 79.9. The van der Waals surface area contributed by atoms with Gasteiger partial charge >= 0.3 is 0 Å². The molecule has 0 amide bonds. The van der Waals surface area contributed by atoms with Gasteiger partial charge in [-0.2, -0.15) is 0 Å². The first-order valence-corrected chi connectivity index (χ1v) is 7.59. The van der Waals surface area contributed by atoms with Crippen LogP contribution < -0.4 is 10.2 Å². The van der Waals surface area contributed by atoms with Crippen LogP contribution in [0.3, 0.4) is 0 Å². The van der Waals surface area contributed by atoms with Gasteiger partial charge in [0.25, 0.3) is 0 Å². The smallest absolute Gasteiger partial charge is 0.0510 e. The fourth-order valence-corrected chi connectivity index (χ4v) is 2.82. The monoisotopic (exact) mass is 310 g/mol. The van der Waals surface area contributed by atoms with Crippen molar-refractivity contribution < 1.29 is 0 Å². The van der Waals surface area contributed by atoms with Gasteiger partial charge in [-0.15, -0.1) is 0 Å². The molecule has 100 valence electrons. The summed E-state index contributed by atoms with van der Waals surface area (Å²) in [5.74, 6) is 0.703. The van der Waals surface area contributed by atoms with Crippen molar-refractivity contribution in [2.24, 2.45) is 5.92 Å². The number of benzene rings is 1. The van der Waals surface area contributed by atoms with Gasteiger partial charge in [0.1, 0.15) is 0 Å².